The molecule has 7 heteroatoms. The predicted octanol–water partition coefficient (Wildman–Crippen LogP) is 1.93. The molecule has 1 saturated heterocycles. The summed E-state index contributed by atoms with van der Waals surface area (Å²) in [6.07, 6.45) is 1.76. The first-order valence-corrected chi connectivity index (χ1v) is 8.06. The maximum Gasteiger partial charge on any atom is 0.165 e. The van der Waals surface area contributed by atoms with Crippen molar-refractivity contribution < 1.29 is 4.74 Å². The van der Waals surface area contributed by atoms with Crippen LogP contribution in [0.15, 0.2) is 30.5 Å². The lowest BCUT2D eigenvalue weighted by atomic mass is 10.2. The molecule has 0 bridgehead atoms. The molecule has 4 heterocycles. The molecule has 0 saturated carbocycles. The lowest BCUT2D eigenvalue weighted by Crippen LogP contribution is -2.43. The Morgan fingerprint density at radius 3 is 3.00 bits per heavy atom. The second kappa shape index (κ2) is 5.76. The van der Waals surface area contributed by atoms with Gasteiger partial charge in [0.15, 0.2) is 5.65 Å². The number of nitrogen functional groups attached to an aromatic ring is 1. The predicted molar refractivity (Wildman–Crippen MR) is 93.4 cm³/mol. The molecule has 124 valence electrons. The van der Waals surface area contributed by atoms with Crippen LogP contribution in [0.3, 0.4) is 0 Å². The highest BCUT2D eigenvalue weighted by molar-refractivity contribution is 5.74. The molecule has 1 atom stereocenters. The zero-order valence-electron chi connectivity index (χ0n) is 13.8. The van der Waals surface area contributed by atoms with Gasteiger partial charge in [-0.25, -0.2) is 15.0 Å². The van der Waals surface area contributed by atoms with Gasteiger partial charge in [0.1, 0.15) is 23.0 Å². The van der Waals surface area contributed by atoms with Crippen LogP contribution in [0, 0.1) is 6.92 Å². The van der Waals surface area contributed by atoms with Crippen LogP contribution in [-0.2, 0) is 4.74 Å². The first-order valence-electron chi connectivity index (χ1n) is 8.06. The number of aryl methyl sites for hydroxylation is 1. The van der Waals surface area contributed by atoms with E-state index in [1.54, 1.807) is 6.20 Å². The molecule has 1 aliphatic heterocycles. The largest absolute Gasteiger partial charge is 0.384 e. The van der Waals surface area contributed by atoms with Crippen LogP contribution >= 0.6 is 0 Å². The molecule has 0 amide bonds. The molecule has 2 N–H and O–H groups in total. The Morgan fingerprint density at radius 2 is 2.17 bits per heavy atom. The van der Waals surface area contributed by atoms with Crippen molar-refractivity contribution in [2.24, 2.45) is 0 Å². The molecule has 0 aromatic carbocycles. The number of aromatic nitrogens is 4. The van der Waals surface area contributed by atoms with E-state index in [1.807, 2.05) is 35.8 Å². The van der Waals surface area contributed by atoms with Crippen LogP contribution in [0.5, 0.6) is 0 Å². The van der Waals surface area contributed by atoms with Gasteiger partial charge in [-0.05, 0) is 26.0 Å². The lowest BCUT2D eigenvalue weighted by molar-refractivity contribution is 0.0989. The monoisotopic (exact) mass is 324 g/mol. The summed E-state index contributed by atoms with van der Waals surface area (Å²) in [6.45, 7) is 6.37. The molecular formula is C17H20N6O. The fraction of sp³-hybridized carbons (Fsp3) is 0.353. The molecule has 0 spiro atoms. The minimum Gasteiger partial charge on any atom is -0.384 e. The van der Waals surface area contributed by atoms with Crippen molar-refractivity contribution in [3.05, 3.63) is 36.3 Å². The van der Waals surface area contributed by atoms with Crippen molar-refractivity contribution in [3.63, 3.8) is 0 Å². The first-order chi connectivity index (χ1) is 11.6. The van der Waals surface area contributed by atoms with Crippen molar-refractivity contribution in [2.45, 2.75) is 19.9 Å². The third-order valence-electron chi connectivity index (χ3n) is 4.33. The SMILES string of the molecule is Cc1nc2cccnc2n1-c1cc(N2CCOCC2C)cc(N)n1. The Hall–Kier alpha value is -2.67. The van der Waals surface area contributed by atoms with E-state index >= 15 is 0 Å². The Kier molecular flexibility index (Phi) is 3.57. The minimum absolute atomic E-state index is 0.298. The molecule has 0 aliphatic carbocycles. The fourth-order valence-corrected chi connectivity index (χ4v) is 3.21. The molecule has 1 aliphatic rings. The number of pyridine rings is 2. The smallest absolute Gasteiger partial charge is 0.165 e. The third kappa shape index (κ3) is 2.46. The number of nitrogens with zero attached hydrogens (tertiary/aromatic N) is 5. The highest BCUT2D eigenvalue weighted by Gasteiger charge is 2.21. The van der Waals surface area contributed by atoms with E-state index in [0.29, 0.717) is 18.5 Å². The number of imidazole rings is 1. The maximum absolute atomic E-state index is 6.09. The Morgan fingerprint density at radius 1 is 1.29 bits per heavy atom. The number of rotatable bonds is 2. The minimum atomic E-state index is 0.298. The normalized spacial score (nSPS) is 18.2. The van der Waals surface area contributed by atoms with E-state index in [9.17, 15) is 0 Å². The number of morpholine rings is 1. The summed E-state index contributed by atoms with van der Waals surface area (Å²) in [5.41, 5.74) is 8.77. The van der Waals surface area contributed by atoms with E-state index < -0.39 is 0 Å². The van der Waals surface area contributed by atoms with Crippen molar-refractivity contribution >= 4 is 22.7 Å². The molecule has 1 fully saturated rings. The van der Waals surface area contributed by atoms with E-state index in [-0.39, 0.29) is 0 Å². The van der Waals surface area contributed by atoms with Crippen molar-refractivity contribution in [2.75, 3.05) is 30.4 Å². The van der Waals surface area contributed by atoms with Gasteiger partial charge in [-0.3, -0.25) is 4.57 Å². The summed E-state index contributed by atoms with van der Waals surface area (Å²) in [6, 6.07) is 8.08. The van der Waals surface area contributed by atoms with Crippen molar-refractivity contribution in [1.82, 2.24) is 19.5 Å². The van der Waals surface area contributed by atoms with Crippen LogP contribution in [0.4, 0.5) is 11.5 Å². The fourth-order valence-electron chi connectivity index (χ4n) is 3.21. The van der Waals surface area contributed by atoms with Gasteiger partial charge in [0.25, 0.3) is 0 Å². The van der Waals surface area contributed by atoms with Crippen molar-refractivity contribution in [3.8, 4) is 5.82 Å². The second-order valence-electron chi connectivity index (χ2n) is 6.07. The highest BCUT2D eigenvalue weighted by Crippen LogP contribution is 2.26. The average molecular weight is 324 g/mol. The molecule has 1 unspecified atom stereocenters. The molecular weight excluding hydrogens is 304 g/mol. The van der Waals surface area contributed by atoms with Gasteiger partial charge in [-0.2, -0.15) is 0 Å². The van der Waals surface area contributed by atoms with Crippen LogP contribution in [0.1, 0.15) is 12.7 Å². The summed E-state index contributed by atoms with van der Waals surface area (Å²) in [5.74, 6) is 2.06. The van der Waals surface area contributed by atoms with E-state index in [1.165, 1.54) is 0 Å². The molecule has 7 nitrogen and oxygen atoms in total. The van der Waals surface area contributed by atoms with E-state index in [2.05, 4.69) is 26.8 Å². The molecule has 4 rings (SSSR count). The van der Waals surface area contributed by atoms with E-state index in [0.717, 1.165) is 41.6 Å². The lowest BCUT2D eigenvalue weighted by Gasteiger charge is -2.35. The van der Waals surface area contributed by atoms with Crippen LogP contribution in [0.2, 0.25) is 0 Å². The van der Waals surface area contributed by atoms with Crippen molar-refractivity contribution in [1.29, 1.82) is 0 Å². The van der Waals surface area contributed by atoms with Gasteiger partial charge in [0.2, 0.25) is 0 Å². The number of nitrogens with two attached hydrogens (primary N) is 1. The van der Waals surface area contributed by atoms with Gasteiger partial charge in [0.05, 0.1) is 13.2 Å². The number of anilines is 2. The quantitative estimate of drug-likeness (QED) is 0.775. The van der Waals surface area contributed by atoms with Crippen LogP contribution in [0.25, 0.3) is 17.0 Å². The molecule has 0 radical (unpaired) electrons. The zero-order valence-corrected chi connectivity index (χ0v) is 13.8. The number of hydrogen-bond acceptors (Lipinski definition) is 6. The number of hydrogen-bond donors (Lipinski definition) is 1. The highest BCUT2D eigenvalue weighted by atomic mass is 16.5. The van der Waals surface area contributed by atoms with Gasteiger partial charge >= 0.3 is 0 Å². The van der Waals surface area contributed by atoms with Gasteiger partial charge in [0, 0.05) is 36.6 Å². The maximum atomic E-state index is 6.09. The zero-order chi connectivity index (χ0) is 16.7. The molecule has 24 heavy (non-hydrogen) atoms. The second-order valence-corrected chi connectivity index (χ2v) is 6.07. The van der Waals surface area contributed by atoms with Gasteiger partial charge in [-0.1, -0.05) is 0 Å². The topological polar surface area (TPSA) is 82.1 Å². The Bertz CT molecular complexity index is 890. The summed E-state index contributed by atoms with van der Waals surface area (Å²) >= 11 is 0. The number of ether oxygens (including phenoxy) is 1. The van der Waals surface area contributed by atoms with E-state index in [4.69, 9.17) is 10.5 Å². The summed E-state index contributed by atoms with van der Waals surface area (Å²) in [4.78, 5) is 15.8. The first kappa shape index (κ1) is 14.9. The Labute approximate surface area is 140 Å². The standard InChI is InChI=1S/C17H20N6O/c1-11-10-24-7-6-22(11)13-8-15(18)21-16(9-13)23-12(2)20-14-4-3-5-19-17(14)23/h3-5,8-9,11H,6-7,10H2,1-2H3,(H2,18,21). The summed E-state index contributed by atoms with van der Waals surface area (Å²) in [7, 11) is 0. The van der Waals surface area contributed by atoms with Crippen LogP contribution < -0.4 is 10.6 Å². The Balaban J connectivity index is 1.85. The third-order valence-corrected chi connectivity index (χ3v) is 4.33. The summed E-state index contributed by atoms with van der Waals surface area (Å²) < 4.78 is 7.47. The average Bonchev–Trinajstić information content (AvgIpc) is 2.90. The summed E-state index contributed by atoms with van der Waals surface area (Å²) in [5, 5.41) is 0. The number of fused-ring (bicyclic) bond motifs is 1. The molecule has 3 aromatic heterocycles. The molecule has 3 aromatic rings. The van der Waals surface area contributed by atoms with Crippen LogP contribution in [-0.4, -0.2) is 45.3 Å². The van der Waals surface area contributed by atoms with Gasteiger partial charge < -0.3 is 15.4 Å². The van der Waals surface area contributed by atoms with Gasteiger partial charge in [-0.15, -0.1) is 0 Å².